The molecule has 0 spiro atoms. The van der Waals surface area contributed by atoms with Crippen LogP contribution in [-0.4, -0.2) is 21.2 Å². The lowest BCUT2D eigenvalue weighted by atomic mass is 10.1. The second-order valence-electron chi connectivity index (χ2n) is 5.36. The molecule has 0 heterocycles. The van der Waals surface area contributed by atoms with Crippen molar-refractivity contribution < 1.29 is 32.7 Å². The molecule has 11 nitrogen and oxygen atoms in total. The van der Waals surface area contributed by atoms with Crippen molar-refractivity contribution in [1.82, 2.24) is 0 Å². The van der Waals surface area contributed by atoms with Gasteiger partial charge in [-0.1, -0.05) is 11.6 Å². The summed E-state index contributed by atoms with van der Waals surface area (Å²) < 4.78 is 38.9. The van der Waals surface area contributed by atoms with Gasteiger partial charge < -0.3 is 0 Å². The molecule has 0 atom stereocenters. The van der Waals surface area contributed by atoms with Crippen LogP contribution in [0.5, 0.6) is 0 Å². The van der Waals surface area contributed by atoms with Gasteiger partial charge >= 0.3 is 17.6 Å². The molecule has 0 aliphatic heterocycles. The van der Waals surface area contributed by atoms with Crippen molar-refractivity contribution in [3.63, 3.8) is 0 Å². The predicted molar refractivity (Wildman–Crippen MR) is 98.8 cm³/mol. The largest absolute Gasteiger partial charge is 0.416 e. The summed E-state index contributed by atoms with van der Waals surface area (Å²) in [6.07, 6.45) is -5.43. The van der Waals surface area contributed by atoms with Gasteiger partial charge in [0.2, 0.25) is 12.1 Å². The van der Waals surface area contributed by atoms with Gasteiger partial charge in [0.1, 0.15) is 5.69 Å². The maximum absolute atomic E-state index is 13.1. The molecule has 0 saturated heterocycles. The number of hydrogen-bond donors (Lipinski definition) is 0. The second kappa shape index (κ2) is 8.19. The molecule has 30 heavy (non-hydrogen) atoms. The van der Waals surface area contributed by atoms with E-state index in [4.69, 9.17) is 11.6 Å². The highest BCUT2D eigenvalue weighted by Crippen LogP contribution is 2.48. The Morgan fingerprint density at radius 3 is 1.70 bits per heavy atom. The van der Waals surface area contributed by atoms with Gasteiger partial charge in [0, 0.05) is 23.2 Å². The summed E-state index contributed by atoms with van der Waals surface area (Å²) in [4.78, 5) is 42.2. The maximum atomic E-state index is 13.1. The number of nitro benzene ring substituents is 3. The van der Waals surface area contributed by atoms with E-state index in [-0.39, 0.29) is 32.9 Å². The minimum atomic E-state index is -5.19. The fraction of sp³-hybridized carbons (Fsp3) is 0.0714. The van der Waals surface area contributed by atoms with E-state index in [1.807, 2.05) is 0 Å². The van der Waals surface area contributed by atoms with Gasteiger partial charge in [0.25, 0.3) is 5.69 Å². The molecular formula is C14H5BrClF3N4O7. The van der Waals surface area contributed by atoms with E-state index >= 15 is 0 Å². The Labute approximate surface area is 176 Å². The average molecular weight is 514 g/mol. The molecule has 0 N–H and O–H groups in total. The first-order valence-electron chi connectivity index (χ1n) is 7.21. The number of amides is 1. The lowest BCUT2D eigenvalue weighted by Gasteiger charge is -2.20. The van der Waals surface area contributed by atoms with Gasteiger partial charge in [-0.05, 0) is 22.0 Å². The number of hydrogen-bond acceptors (Lipinski definition) is 7. The predicted octanol–water partition coefficient (Wildman–Crippen LogP) is 5.14. The van der Waals surface area contributed by atoms with Gasteiger partial charge in [-0.25, -0.2) is 0 Å². The number of alkyl halides is 3. The highest BCUT2D eigenvalue weighted by atomic mass is 79.9. The lowest BCUT2D eigenvalue weighted by molar-refractivity contribution is -0.393. The minimum absolute atomic E-state index is 0.0194. The fourth-order valence-corrected chi connectivity index (χ4v) is 3.43. The molecule has 0 aromatic heterocycles. The number of carbonyl (C=O) groups is 1. The third-order valence-corrected chi connectivity index (χ3v) is 4.41. The molecular weight excluding hydrogens is 509 g/mol. The standard InChI is InChI=1S/C14H5BrClF3N4O7/c15-8-3-7(16)4-11(23(29)30)12(8)20(5-24)13-9(21(25)26)1-6(14(17,18)19)2-10(13)22(27)28/h1-5H. The number of nitrogens with zero attached hydrogens (tertiary/aromatic N) is 4. The molecule has 2 aromatic rings. The van der Waals surface area contributed by atoms with Crippen LogP contribution in [0.2, 0.25) is 5.02 Å². The van der Waals surface area contributed by atoms with Crippen molar-refractivity contribution in [2.24, 2.45) is 0 Å². The van der Waals surface area contributed by atoms with Crippen molar-refractivity contribution in [1.29, 1.82) is 0 Å². The van der Waals surface area contributed by atoms with Crippen molar-refractivity contribution in [3.05, 3.63) is 69.7 Å². The Balaban J connectivity index is 3.01. The molecule has 0 aliphatic rings. The Morgan fingerprint density at radius 1 is 0.900 bits per heavy atom. The van der Waals surface area contributed by atoms with E-state index in [1.165, 1.54) is 0 Å². The Bertz CT molecular complexity index is 1060. The molecule has 2 rings (SSSR count). The highest BCUT2D eigenvalue weighted by Gasteiger charge is 2.41. The van der Waals surface area contributed by atoms with Gasteiger partial charge in [-0.2, -0.15) is 13.2 Å². The smallest absolute Gasteiger partial charge is 0.278 e. The Hall–Kier alpha value is -3.33. The van der Waals surface area contributed by atoms with Crippen LogP contribution in [-0.2, 0) is 11.0 Å². The summed E-state index contributed by atoms with van der Waals surface area (Å²) in [5, 5.41) is 34.0. The molecule has 0 fully saturated rings. The van der Waals surface area contributed by atoms with Crippen molar-refractivity contribution in [3.8, 4) is 0 Å². The monoisotopic (exact) mass is 512 g/mol. The zero-order chi connectivity index (χ0) is 23.0. The van der Waals surface area contributed by atoms with Crippen LogP contribution < -0.4 is 4.90 Å². The third-order valence-electron chi connectivity index (χ3n) is 3.58. The van der Waals surface area contributed by atoms with E-state index in [0.29, 0.717) is 0 Å². The average Bonchev–Trinajstić information content (AvgIpc) is 2.61. The molecule has 158 valence electrons. The quantitative estimate of drug-likeness (QED) is 0.295. The number of nitro groups is 3. The van der Waals surface area contributed by atoms with E-state index in [1.54, 1.807) is 0 Å². The minimum Gasteiger partial charge on any atom is -0.278 e. The Kier molecular flexibility index (Phi) is 6.27. The van der Waals surface area contributed by atoms with Gasteiger partial charge in [0.15, 0.2) is 0 Å². The summed E-state index contributed by atoms with van der Waals surface area (Å²) in [6, 6.07) is 1.75. The van der Waals surface area contributed by atoms with Crippen molar-refractivity contribution in [2.75, 3.05) is 4.90 Å². The molecule has 2 aromatic carbocycles. The summed E-state index contributed by atoms with van der Waals surface area (Å²) in [5.74, 6) is 0. The normalized spacial score (nSPS) is 11.1. The summed E-state index contributed by atoms with van der Waals surface area (Å²) in [5.41, 5.74) is -7.49. The molecule has 16 heteroatoms. The molecule has 0 aliphatic carbocycles. The molecule has 1 amide bonds. The molecule has 0 unspecified atom stereocenters. The van der Waals surface area contributed by atoms with Crippen LogP contribution in [0.15, 0.2) is 28.7 Å². The van der Waals surface area contributed by atoms with Crippen LogP contribution in [0.1, 0.15) is 5.56 Å². The summed E-state index contributed by atoms with van der Waals surface area (Å²) in [6.45, 7) is 0. The van der Waals surface area contributed by atoms with E-state index in [0.717, 1.165) is 12.1 Å². The number of carbonyl (C=O) groups excluding carboxylic acids is 1. The second-order valence-corrected chi connectivity index (χ2v) is 6.65. The first-order valence-corrected chi connectivity index (χ1v) is 8.38. The number of benzene rings is 2. The highest BCUT2D eigenvalue weighted by molar-refractivity contribution is 9.10. The zero-order valence-electron chi connectivity index (χ0n) is 13.9. The van der Waals surface area contributed by atoms with E-state index < -0.39 is 54.9 Å². The number of halogens is 5. The Morgan fingerprint density at radius 2 is 1.33 bits per heavy atom. The first-order chi connectivity index (χ1) is 13.8. The topological polar surface area (TPSA) is 150 Å². The van der Waals surface area contributed by atoms with Gasteiger partial charge in [-0.3, -0.25) is 40.0 Å². The third kappa shape index (κ3) is 4.30. The number of rotatable bonds is 6. The van der Waals surface area contributed by atoms with E-state index in [2.05, 4.69) is 15.9 Å². The SMILES string of the molecule is O=CN(c1c(Br)cc(Cl)cc1[N+](=O)[O-])c1c([N+](=O)[O-])cc(C(F)(F)F)cc1[N+](=O)[O-]. The summed E-state index contributed by atoms with van der Waals surface area (Å²) >= 11 is 8.58. The van der Waals surface area contributed by atoms with Crippen LogP contribution in [0.4, 0.5) is 41.6 Å². The number of anilines is 2. The van der Waals surface area contributed by atoms with Crippen LogP contribution in [0.3, 0.4) is 0 Å². The van der Waals surface area contributed by atoms with Crippen LogP contribution in [0.25, 0.3) is 0 Å². The maximum Gasteiger partial charge on any atom is 0.416 e. The van der Waals surface area contributed by atoms with Gasteiger partial charge in [0.05, 0.1) is 24.8 Å². The fourth-order valence-electron chi connectivity index (χ4n) is 2.44. The van der Waals surface area contributed by atoms with Crippen LogP contribution in [0, 0.1) is 30.3 Å². The molecule has 0 saturated carbocycles. The van der Waals surface area contributed by atoms with Gasteiger partial charge in [-0.15, -0.1) is 0 Å². The summed E-state index contributed by atoms with van der Waals surface area (Å²) in [7, 11) is 0. The van der Waals surface area contributed by atoms with Crippen molar-refractivity contribution >= 4 is 62.4 Å². The zero-order valence-corrected chi connectivity index (χ0v) is 16.3. The molecule has 0 radical (unpaired) electrons. The first kappa shape index (κ1) is 23.0. The lowest BCUT2D eigenvalue weighted by Crippen LogP contribution is -2.20. The van der Waals surface area contributed by atoms with E-state index in [9.17, 15) is 48.3 Å². The van der Waals surface area contributed by atoms with Crippen molar-refractivity contribution in [2.45, 2.75) is 6.18 Å². The molecule has 0 bridgehead atoms. The van der Waals surface area contributed by atoms with Crippen LogP contribution >= 0.6 is 27.5 Å².